The predicted octanol–water partition coefficient (Wildman–Crippen LogP) is 2.29. The van der Waals surface area contributed by atoms with Gasteiger partial charge in [-0.05, 0) is 25.8 Å². The van der Waals surface area contributed by atoms with Crippen LogP contribution in [0.25, 0.3) is 11.5 Å². The topological polar surface area (TPSA) is 74.8 Å². The third-order valence-corrected chi connectivity index (χ3v) is 4.09. The van der Waals surface area contributed by atoms with Gasteiger partial charge in [0.05, 0.1) is 0 Å². The SMILES string of the molecule is CCC(=O)N1CCC[C@H](c2cc(-c3ncc[nH]3)nc(C)n2)C1. The molecule has 0 aliphatic carbocycles. The summed E-state index contributed by atoms with van der Waals surface area (Å²) in [6.07, 6.45) is 6.15. The molecular formula is C16H21N5O. The third kappa shape index (κ3) is 3.00. The molecule has 1 atom stereocenters. The van der Waals surface area contributed by atoms with Crippen LogP contribution in [0, 0.1) is 6.92 Å². The molecule has 116 valence electrons. The van der Waals surface area contributed by atoms with Crippen molar-refractivity contribution >= 4 is 5.91 Å². The molecule has 1 aliphatic heterocycles. The summed E-state index contributed by atoms with van der Waals surface area (Å²) in [6.45, 7) is 5.42. The minimum atomic E-state index is 0.224. The van der Waals surface area contributed by atoms with Gasteiger partial charge in [0, 0.05) is 43.5 Å². The monoisotopic (exact) mass is 299 g/mol. The van der Waals surface area contributed by atoms with Gasteiger partial charge >= 0.3 is 0 Å². The highest BCUT2D eigenvalue weighted by molar-refractivity contribution is 5.76. The van der Waals surface area contributed by atoms with Gasteiger partial charge in [-0.15, -0.1) is 0 Å². The fraction of sp³-hybridized carbons (Fsp3) is 0.500. The van der Waals surface area contributed by atoms with Crippen LogP contribution >= 0.6 is 0 Å². The lowest BCUT2D eigenvalue weighted by atomic mass is 9.93. The minimum absolute atomic E-state index is 0.224. The number of hydrogen-bond acceptors (Lipinski definition) is 4. The van der Waals surface area contributed by atoms with Crippen LogP contribution in [0.4, 0.5) is 0 Å². The zero-order chi connectivity index (χ0) is 15.5. The van der Waals surface area contributed by atoms with Gasteiger partial charge in [0.2, 0.25) is 5.91 Å². The van der Waals surface area contributed by atoms with Crippen molar-refractivity contribution < 1.29 is 4.79 Å². The van der Waals surface area contributed by atoms with Crippen molar-refractivity contribution in [2.24, 2.45) is 0 Å². The van der Waals surface area contributed by atoms with E-state index in [4.69, 9.17) is 0 Å². The molecule has 1 saturated heterocycles. The quantitative estimate of drug-likeness (QED) is 0.943. The molecule has 1 amide bonds. The maximum absolute atomic E-state index is 11.9. The number of likely N-dealkylation sites (tertiary alicyclic amines) is 1. The third-order valence-electron chi connectivity index (χ3n) is 4.09. The average molecular weight is 299 g/mol. The summed E-state index contributed by atoms with van der Waals surface area (Å²) in [5, 5.41) is 0. The van der Waals surface area contributed by atoms with E-state index in [0.717, 1.165) is 49.0 Å². The van der Waals surface area contributed by atoms with Crippen molar-refractivity contribution in [1.82, 2.24) is 24.8 Å². The molecule has 3 heterocycles. The standard InChI is InChI=1S/C16H21N5O/c1-3-15(22)21-8-4-5-12(10-21)13-9-14(20-11(2)19-13)16-17-6-7-18-16/h6-7,9,12H,3-5,8,10H2,1-2H3,(H,17,18)/t12-/m0/s1. The van der Waals surface area contributed by atoms with Crippen LogP contribution in [0.15, 0.2) is 18.5 Å². The van der Waals surface area contributed by atoms with Crippen molar-refractivity contribution in [2.75, 3.05) is 13.1 Å². The van der Waals surface area contributed by atoms with Gasteiger partial charge in [0.15, 0.2) is 5.82 Å². The Bertz CT molecular complexity index is 653. The molecule has 22 heavy (non-hydrogen) atoms. The fourth-order valence-electron chi connectivity index (χ4n) is 3.00. The number of hydrogen-bond donors (Lipinski definition) is 1. The Morgan fingerprint density at radius 1 is 1.45 bits per heavy atom. The van der Waals surface area contributed by atoms with E-state index in [1.54, 1.807) is 12.4 Å². The maximum Gasteiger partial charge on any atom is 0.222 e. The summed E-state index contributed by atoms with van der Waals surface area (Å²) in [6, 6.07) is 2.00. The first-order valence-electron chi connectivity index (χ1n) is 7.80. The number of aromatic nitrogens is 4. The number of rotatable bonds is 3. The molecule has 6 heteroatoms. The van der Waals surface area contributed by atoms with E-state index >= 15 is 0 Å². The van der Waals surface area contributed by atoms with E-state index in [1.165, 1.54) is 0 Å². The van der Waals surface area contributed by atoms with E-state index in [-0.39, 0.29) is 11.8 Å². The summed E-state index contributed by atoms with van der Waals surface area (Å²) >= 11 is 0. The Morgan fingerprint density at radius 2 is 2.32 bits per heavy atom. The van der Waals surface area contributed by atoms with Gasteiger partial charge < -0.3 is 9.88 Å². The summed E-state index contributed by atoms with van der Waals surface area (Å²) in [7, 11) is 0. The van der Waals surface area contributed by atoms with Crippen LogP contribution in [-0.4, -0.2) is 43.8 Å². The van der Waals surface area contributed by atoms with Crippen molar-refractivity contribution in [3.63, 3.8) is 0 Å². The lowest BCUT2D eigenvalue weighted by Gasteiger charge is -2.32. The van der Waals surface area contributed by atoms with Crippen LogP contribution in [0.2, 0.25) is 0 Å². The second-order valence-electron chi connectivity index (χ2n) is 5.70. The summed E-state index contributed by atoms with van der Waals surface area (Å²) in [5.74, 6) is 1.99. The molecule has 3 rings (SSSR count). The minimum Gasteiger partial charge on any atom is -0.343 e. The summed E-state index contributed by atoms with van der Waals surface area (Å²) in [5.41, 5.74) is 1.82. The Hall–Kier alpha value is -2.24. The first-order valence-corrected chi connectivity index (χ1v) is 7.80. The Labute approximate surface area is 130 Å². The zero-order valence-corrected chi connectivity index (χ0v) is 13.0. The number of carbonyl (C=O) groups excluding carboxylic acids is 1. The van der Waals surface area contributed by atoms with E-state index < -0.39 is 0 Å². The molecule has 0 unspecified atom stereocenters. The van der Waals surface area contributed by atoms with Crippen LogP contribution < -0.4 is 0 Å². The Balaban J connectivity index is 1.86. The predicted molar refractivity (Wildman–Crippen MR) is 83.2 cm³/mol. The molecular weight excluding hydrogens is 278 g/mol. The number of nitrogens with one attached hydrogen (secondary N) is 1. The van der Waals surface area contributed by atoms with Gasteiger partial charge in [0.1, 0.15) is 11.5 Å². The lowest BCUT2D eigenvalue weighted by Crippen LogP contribution is -2.39. The fourth-order valence-corrected chi connectivity index (χ4v) is 3.00. The summed E-state index contributed by atoms with van der Waals surface area (Å²) in [4.78, 5) is 30.3. The number of aromatic amines is 1. The second kappa shape index (κ2) is 6.25. The van der Waals surface area contributed by atoms with Crippen molar-refractivity contribution in [1.29, 1.82) is 0 Å². The number of amides is 1. The molecule has 6 nitrogen and oxygen atoms in total. The normalized spacial score (nSPS) is 18.5. The lowest BCUT2D eigenvalue weighted by molar-refractivity contribution is -0.132. The highest BCUT2D eigenvalue weighted by Crippen LogP contribution is 2.27. The summed E-state index contributed by atoms with van der Waals surface area (Å²) < 4.78 is 0. The highest BCUT2D eigenvalue weighted by atomic mass is 16.2. The molecule has 0 bridgehead atoms. The van der Waals surface area contributed by atoms with E-state index in [1.807, 2.05) is 24.8 Å². The molecule has 1 aliphatic rings. The number of nitrogens with zero attached hydrogens (tertiary/aromatic N) is 4. The van der Waals surface area contributed by atoms with Crippen LogP contribution in [0.1, 0.15) is 43.6 Å². The van der Waals surface area contributed by atoms with Crippen molar-refractivity contribution in [2.45, 2.75) is 39.0 Å². The van der Waals surface area contributed by atoms with E-state index in [0.29, 0.717) is 6.42 Å². The van der Waals surface area contributed by atoms with E-state index in [9.17, 15) is 4.79 Å². The zero-order valence-electron chi connectivity index (χ0n) is 13.0. The largest absolute Gasteiger partial charge is 0.343 e. The second-order valence-corrected chi connectivity index (χ2v) is 5.70. The molecule has 0 spiro atoms. The van der Waals surface area contributed by atoms with Crippen LogP contribution in [0.5, 0.6) is 0 Å². The first-order chi connectivity index (χ1) is 10.7. The van der Waals surface area contributed by atoms with Gasteiger partial charge in [0.25, 0.3) is 0 Å². The number of piperidine rings is 1. The first kappa shape index (κ1) is 14.7. The Kier molecular flexibility index (Phi) is 4.18. The van der Waals surface area contributed by atoms with Crippen LogP contribution in [-0.2, 0) is 4.79 Å². The van der Waals surface area contributed by atoms with Gasteiger partial charge in [-0.3, -0.25) is 4.79 Å². The molecule has 0 aromatic carbocycles. The van der Waals surface area contributed by atoms with Gasteiger partial charge in [-0.2, -0.15) is 0 Å². The highest BCUT2D eigenvalue weighted by Gasteiger charge is 2.25. The Morgan fingerprint density at radius 3 is 3.05 bits per heavy atom. The number of imidazole rings is 1. The number of H-pyrrole nitrogens is 1. The van der Waals surface area contributed by atoms with Gasteiger partial charge in [-0.25, -0.2) is 15.0 Å². The molecule has 1 N–H and O–H groups in total. The van der Waals surface area contributed by atoms with Crippen molar-refractivity contribution in [3.8, 4) is 11.5 Å². The molecule has 2 aromatic heterocycles. The average Bonchev–Trinajstić information content (AvgIpc) is 3.08. The molecule has 0 saturated carbocycles. The molecule has 0 radical (unpaired) electrons. The van der Waals surface area contributed by atoms with Gasteiger partial charge in [-0.1, -0.05) is 6.92 Å². The van der Waals surface area contributed by atoms with Crippen molar-refractivity contribution in [3.05, 3.63) is 30.0 Å². The van der Waals surface area contributed by atoms with Crippen LogP contribution in [0.3, 0.4) is 0 Å². The number of carbonyl (C=O) groups is 1. The molecule has 2 aromatic rings. The number of aryl methyl sites for hydroxylation is 1. The smallest absolute Gasteiger partial charge is 0.222 e. The maximum atomic E-state index is 11.9. The van der Waals surface area contributed by atoms with E-state index in [2.05, 4.69) is 19.9 Å². The molecule has 1 fully saturated rings.